The van der Waals surface area contributed by atoms with E-state index in [0.29, 0.717) is 40.0 Å². The average molecular weight is 585 g/mol. The van der Waals surface area contributed by atoms with Crippen LogP contribution in [0.3, 0.4) is 0 Å². The number of hydrogen-bond donors (Lipinski definition) is 1. The van der Waals surface area contributed by atoms with Crippen molar-refractivity contribution < 1.29 is 33.3 Å². The molecule has 0 heterocycles. The molecule has 43 heavy (non-hydrogen) atoms. The van der Waals surface area contributed by atoms with Crippen molar-refractivity contribution in [2.24, 2.45) is 0 Å². The zero-order valence-electron chi connectivity index (χ0n) is 25.0. The molecule has 4 aromatic carbocycles. The number of amides is 2. The SMILES string of the molecule is COc1ccc(CN(C(=O)Cc2ccccc2)C(C(=O)Nc2ccc(OC)cc2)c2cc(OC)c(OC)c(OC)c2)cc1. The Hall–Kier alpha value is -5.18. The Labute approximate surface area is 251 Å². The van der Waals surface area contributed by atoms with Crippen molar-refractivity contribution >= 4 is 17.5 Å². The topological polar surface area (TPSA) is 95.6 Å². The number of nitrogens with one attached hydrogen (secondary N) is 1. The molecule has 0 spiro atoms. The maximum atomic E-state index is 14.2. The number of rotatable bonds is 13. The number of benzene rings is 4. The van der Waals surface area contributed by atoms with Crippen LogP contribution in [0.5, 0.6) is 28.7 Å². The molecule has 224 valence electrons. The van der Waals surface area contributed by atoms with E-state index < -0.39 is 11.9 Å². The summed E-state index contributed by atoms with van der Waals surface area (Å²) < 4.78 is 27.3. The van der Waals surface area contributed by atoms with Crippen molar-refractivity contribution in [3.63, 3.8) is 0 Å². The van der Waals surface area contributed by atoms with Crippen molar-refractivity contribution in [1.29, 1.82) is 0 Å². The second kappa shape index (κ2) is 14.6. The quantitative estimate of drug-likeness (QED) is 0.216. The highest BCUT2D eigenvalue weighted by Gasteiger charge is 2.33. The fourth-order valence-electron chi connectivity index (χ4n) is 4.74. The number of anilines is 1. The van der Waals surface area contributed by atoms with Crippen molar-refractivity contribution in [1.82, 2.24) is 4.90 Å². The zero-order chi connectivity index (χ0) is 30.8. The lowest BCUT2D eigenvalue weighted by Crippen LogP contribution is -2.41. The third kappa shape index (κ3) is 7.56. The summed E-state index contributed by atoms with van der Waals surface area (Å²) in [5.74, 6) is 1.76. The molecule has 1 unspecified atom stereocenters. The molecule has 1 atom stereocenters. The van der Waals surface area contributed by atoms with E-state index in [2.05, 4.69) is 5.32 Å². The van der Waals surface area contributed by atoms with E-state index in [9.17, 15) is 9.59 Å². The van der Waals surface area contributed by atoms with Crippen LogP contribution in [-0.2, 0) is 22.6 Å². The smallest absolute Gasteiger partial charge is 0.251 e. The molecule has 0 aliphatic rings. The first-order chi connectivity index (χ1) is 20.9. The lowest BCUT2D eigenvalue weighted by atomic mass is 10.00. The van der Waals surface area contributed by atoms with E-state index in [4.69, 9.17) is 23.7 Å². The van der Waals surface area contributed by atoms with E-state index in [1.54, 1.807) is 55.5 Å². The Bertz CT molecular complexity index is 1480. The van der Waals surface area contributed by atoms with Gasteiger partial charge in [-0.15, -0.1) is 0 Å². The predicted octanol–water partition coefficient (Wildman–Crippen LogP) is 5.68. The maximum absolute atomic E-state index is 14.2. The monoisotopic (exact) mass is 584 g/mol. The highest BCUT2D eigenvalue weighted by atomic mass is 16.5. The van der Waals surface area contributed by atoms with E-state index in [0.717, 1.165) is 11.1 Å². The van der Waals surface area contributed by atoms with Crippen molar-refractivity contribution in [3.8, 4) is 28.7 Å². The number of carbonyl (C=O) groups is 2. The van der Waals surface area contributed by atoms with Gasteiger partial charge in [0, 0.05) is 12.2 Å². The first-order valence-corrected chi connectivity index (χ1v) is 13.6. The molecule has 0 bridgehead atoms. The van der Waals surface area contributed by atoms with Gasteiger partial charge in [0.25, 0.3) is 5.91 Å². The second-order valence-corrected chi connectivity index (χ2v) is 9.61. The fraction of sp³-hybridized carbons (Fsp3) is 0.235. The minimum absolute atomic E-state index is 0.0910. The lowest BCUT2D eigenvalue weighted by molar-refractivity contribution is -0.139. The summed E-state index contributed by atoms with van der Waals surface area (Å²) in [5.41, 5.74) is 2.67. The first kappa shape index (κ1) is 30.8. The van der Waals surface area contributed by atoms with Gasteiger partial charge in [-0.1, -0.05) is 42.5 Å². The van der Waals surface area contributed by atoms with Gasteiger partial charge in [-0.2, -0.15) is 0 Å². The first-order valence-electron chi connectivity index (χ1n) is 13.6. The highest BCUT2D eigenvalue weighted by Crippen LogP contribution is 2.41. The van der Waals surface area contributed by atoms with Crippen LogP contribution in [0.1, 0.15) is 22.7 Å². The van der Waals surface area contributed by atoms with Gasteiger partial charge in [0.2, 0.25) is 11.7 Å². The van der Waals surface area contributed by atoms with Gasteiger partial charge in [0.05, 0.1) is 42.0 Å². The Morgan fingerprint density at radius 3 is 1.74 bits per heavy atom. The summed E-state index contributed by atoms with van der Waals surface area (Å²) in [5, 5.41) is 2.98. The van der Waals surface area contributed by atoms with Gasteiger partial charge >= 0.3 is 0 Å². The number of ether oxygens (including phenoxy) is 5. The largest absolute Gasteiger partial charge is 0.497 e. The Kier molecular flexibility index (Phi) is 10.5. The van der Waals surface area contributed by atoms with Crippen LogP contribution < -0.4 is 29.0 Å². The summed E-state index contributed by atoms with van der Waals surface area (Å²) in [4.78, 5) is 29.9. The second-order valence-electron chi connectivity index (χ2n) is 9.61. The Morgan fingerprint density at radius 1 is 0.674 bits per heavy atom. The summed E-state index contributed by atoms with van der Waals surface area (Å²) in [6.07, 6.45) is 0.0910. The van der Waals surface area contributed by atoms with Gasteiger partial charge < -0.3 is 33.9 Å². The predicted molar refractivity (Wildman–Crippen MR) is 164 cm³/mol. The number of methoxy groups -OCH3 is 5. The van der Waals surface area contributed by atoms with Gasteiger partial charge in [0.1, 0.15) is 17.5 Å². The van der Waals surface area contributed by atoms with E-state index >= 15 is 0 Å². The van der Waals surface area contributed by atoms with Crippen LogP contribution in [0.25, 0.3) is 0 Å². The summed E-state index contributed by atoms with van der Waals surface area (Å²) in [7, 11) is 7.68. The molecule has 0 saturated heterocycles. The molecular formula is C34H36N2O7. The minimum atomic E-state index is -1.07. The molecule has 4 aromatic rings. The van der Waals surface area contributed by atoms with E-state index in [-0.39, 0.29) is 18.9 Å². The average Bonchev–Trinajstić information content (AvgIpc) is 3.05. The van der Waals surface area contributed by atoms with Crippen LogP contribution in [0.2, 0.25) is 0 Å². The van der Waals surface area contributed by atoms with Crippen LogP contribution in [0, 0.1) is 0 Å². The molecular weight excluding hydrogens is 548 g/mol. The molecule has 0 saturated carbocycles. The van der Waals surface area contributed by atoms with E-state index in [1.165, 1.54) is 21.3 Å². The number of nitrogens with zero attached hydrogens (tertiary/aromatic N) is 1. The zero-order valence-corrected chi connectivity index (χ0v) is 25.0. The summed E-state index contributed by atoms with van der Waals surface area (Å²) in [6, 6.07) is 26.1. The molecule has 0 fully saturated rings. The van der Waals surface area contributed by atoms with Crippen molar-refractivity contribution in [3.05, 3.63) is 108 Å². The molecule has 0 radical (unpaired) electrons. The molecule has 9 heteroatoms. The van der Waals surface area contributed by atoms with Gasteiger partial charge in [-0.3, -0.25) is 9.59 Å². The number of hydrogen-bond acceptors (Lipinski definition) is 7. The standard InChI is InChI=1S/C34H36N2O7/c1-39-27-15-11-24(12-16-27)22-36(31(37)19-23-9-7-6-8-10-23)32(34(38)35-26-13-17-28(40-2)18-14-26)25-20-29(41-3)33(43-5)30(21-25)42-4/h6-18,20-21,32H,19,22H2,1-5H3,(H,35,38). The van der Waals surface area contributed by atoms with Crippen LogP contribution >= 0.6 is 0 Å². The Balaban J connectivity index is 1.84. The molecule has 1 N–H and O–H groups in total. The lowest BCUT2D eigenvalue weighted by Gasteiger charge is -2.32. The minimum Gasteiger partial charge on any atom is -0.497 e. The van der Waals surface area contributed by atoms with Crippen molar-refractivity contribution in [2.75, 3.05) is 40.9 Å². The van der Waals surface area contributed by atoms with Crippen LogP contribution in [0.15, 0.2) is 91.0 Å². The highest BCUT2D eigenvalue weighted by molar-refractivity contribution is 5.98. The van der Waals surface area contributed by atoms with Crippen LogP contribution in [-0.4, -0.2) is 52.3 Å². The molecule has 0 aliphatic heterocycles. The molecule has 0 aromatic heterocycles. The van der Waals surface area contributed by atoms with Crippen LogP contribution in [0.4, 0.5) is 5.69 Å². The van der Waals surface area contributed by atoms with Gasteiger partial charge in [0.15, 0.2) is 11.5 Å². The third-order valence-electron chi connectivity index (χ3n) is 6.95. The normalized spacial score (nSPS) is 11.2. The molecule has 9 nitrogen and oxygen atoms in total. The van der Waals surface area contributed by atoms with Gasteiger partial charge in [-0.05, 0) is 65.2 Å². The maximum Gasteiger partial charge on any atom is 0.251 e. The molecule has 2 amide bonds. The van der Waals surface area contributed by atoms with Crippen molar-refractivity contribution in [2.45, 2.75) is 19.0 Å². The van der Waals surface area contributed by atoms with E-state index in [1.807, 2.05) is 54.6 Å². The number of carbonyl (C=O) groups excluding carboxylic acids is 2. The molecule has 0 aliphatic carbocycles. The fourth-order valence-corrected chi connectivity index (χ4v) is 4.74. The van der Waals surface area contributed by atoms with Gasteiger partial charge in [-0.25, -0.2) is 0 Å². The third-order valence-corrected chi connectivity index (χ3v) is 6.95. The summed E-state index contributed by atoms with van der Waals surface area (Å²) >= 11 is 0. The molecule has 4 rings (SSSR count). The summed E-state index contributed by atoms with van der Waals surface area (Å²) in [6.45, 7) is 0.146. The Morgan fingerprint density at radius 2 is 1.23 bits per heavy atom.